The summed E-state index contributed by atoms with van der Waals surface area (Å²) in [6.45, 7) is 3.63. The lowest BCUT2D eigenvalue weighted by molar-refractivity contribution is -0.302. The van der Waals surface area contributed by atoms with Crippen molar-refractivity contribution >= 4 is 5.91 Å². The fraction of sp³-hybridized carbons (Fsp3) is 0.672. The van der Waals surface area contributed by atoms with Crippen molar-refractivity contribution in [2.24, 2.45) is 0 Å². The molecular formula is C64H107NO8. The van der Waals surface area contributed by atoms with Gasteiger partial charge in [0.05, 0.1) is 25.4 Å². The van der Waals surface area contributed by atoms with Gasteiger partial charge < -0.3 is 40.3 Å². The van der Waals surface area contributed by atoms with Gasteiger partial charge >= 0.3 is 0 Å². The molecule has 0 aliphatic carbocycles. The molecule has 7 unspecified atom stereocenters. The number of ether oxygens (including phenoxy) is 2. The molecule has 1 saturated heterocycles. The topological polar surface area (TPSA) is 149 Å². The Kier molecular flexibility index (Phi) is 48.2. The van der Waals surface area contributed by atoms with E-state index in [4.69, 9.17) is 9.47 Å². The Morgan fingerprint density at radius 1 is 0.479 bits per heavy atom. The van der Waals surface area contributed by atoms with Crippen LogP contribution in [-0.4, -0.2) is 87.5 Å². The third-order valence-electron chi connectivity index (χ3n) is 13.0. The van der Waals surface area contributed by atoms with Crippen molar-refractivity contribution in [3.8, 4) is 0 Å². The van der Waals surface area contributed by atoms with Crippen LogP contribution in [0.2, 0.25) is 0 Å². The monoisotopic (exact) mass is 1020 g/mol. The molecule has 0 bridgehead atoms. The first-order valence-corrected chi connectivity index (χ1v) is 29.3. The van der Waals surface area contributed by atoms with Crippen LogP contribution < -0.4 is 5.32 Å². The molecule has 0 spiro atoms. The Morgan fingerprint density at radius 3 is 1.32 bits per heavy atom. The highest BCUT2D eigenvalue weighted by molar-refractivity contribution is 5.76. The summed E-state index contributed by atoms with van der Waals surface area (Å²) in [5.41, 5.74) is 0. The first-order valence-electron chi connectivity index (χ1n) is 29.3. The van der Waals surface area contributed by atoms with Crippen LogP contribution in [0.25, 0.3) is 0 Å². The van der Waals surface area contributed by atoms with Gasteiger partial charge in [-0.3, -0.25) is 4.79 Å². The van der Waals surface area contributed by atoms with Gasteiger partial charge in [0.25, 0.3) is 0 Å². The number of hydrogen-bond acceptors (Lipinski definition) is 8. The first-order chi connectivity index (χ1) is 35.8. The molecule has 1 aliphatic rings. The average molecular weight is 1020 g/mol. The molecule has 6 N–H and O–H groups in total. The molecule has 0 aromatic carbocycles. The smallest absolute Gasteiger partial charge is 0.220 e. The number of hydrogen-bond donors (Lipinski definition) is 6. The molecule has 73 heavy (non-hydrogen) atoms. The minimum absolute atomic E-state index is 0.215. The lowest BCUT2D eigenvalue weighted by Gasteiger charge is -2.40. The van der Waals surface area contributed by atoms with Gasteiger partial charge in [-0.15, -0.1) is 0 Å². The highest BCUT2D eigenvalue weighted by Gasteiger charge is 2.44. The molecule has 1 amide bonds. The van der Waals surface area contributed by atoms with Crippen molar-refractivity contribution in [1.29, 1.82) is 0 Å². The normalized spacial score (nSPS) is 20.0. The van der Waals surface area contributed by atoms with Crippen molar-refractivity contribution in [3.63, 3.8) is 0 Å². The van der Waals surface area contributed by atoms with Crippen LogP contribution in [0, 0.1) is 0 Å². The maximum absolute atomic E-state index is 13.1. The Morgan fingerprint density at radius 2 is 0.863 bits per heavy atom. The molecule has 0 saturated carbocycles. The lowest BCUT2D eigenvalue weighted by Crippen LogP contribution is -2.60. The van der Waals surface area contributed by atoms with E-state index in [2.05, 4.69) is 129 Å². The molecular weight excluding hydrogens is 911 g/mol. The summed E-state index contributed by atoms with van der Waals surface area (Å²) < 4.78 is 11.2. The van der Waals surface area contributed by atoms with Crippen LogP contribution >= 0.6 is 0 Å². The fourth-order valence-electron chi connectivity index (χ4n) is 8.42. The number of unbranched alkanes of at least 4 members (excludes halogenated alkanes) is 20. The van der Waals surface area contributed by atoms with E-state index in [1.165, 1.54) is 96.3 Å². The summed E-state index contributed by atoms with van der Waals surface area (Å²) >= 11 is 0. The highest BCUT2D eigenvalue weighted by atomic mass is 16.7. The zero-order chi connectivity index (χ0) is 52.9. The third kappa shape index (κ3) is 41.5. The zero-order valence-electron chi connectivity index (χ0n) is 46.1. The number of carbonyl (C=O) groups excluding carboxylic acids is 1. The highest BCUT2D eigenvalue weighted by Crippen LogP contribution is 2.23. The summed E-state index contributed by atoms with van der Waals surface area (Å²) in [5, 5.41) is 54.5. The van der Waals surface area contributed by atoms with Crippen LogP contribution in [-0.2, 0) is 14.3 Å². The van der Waals surface area contributed by atoms with Gasteiger partial charge in [0, 0.05) is 6.42 Å². The number of aliphatic hydroxyl groups is 5. The van der Waals surface area contributed by atoms with Gasteiger partial charge in [-0.05, 0) is 96.3 Å². The van der Waals surface area contributed by atoms with E-state index in [1.54, 1.807) is 6.08 Å². The zero-order valence-corrected chi connectivity index (χ0v) is 46.1. The summed E-state index contributed by atoms with van der Waals surface area (Å²) in [5.74, 6) is -0.215. The van der Waals surface area contributed by atoms with E-state index in [0.717, 1.165) is 96.3 Å². The second kappa shape index (κ2) is 52.0. The Hall–Kier alpha value is -3.41. The third-order valence-corrected chi connectivity index (χ3v) is 13.0. The Balaban J connectivity index is 2.30. The molecule has 0 aromatic heterocycles. The number of aliphatic hydroxyl groups excluding tert-OH is 5. The van der Waals surface area contributed by atoms with Gasteiger partial charge in [0.15, 0.2) is 6.29 Å². The van der Waals surface area contributed by atoms with E-state index < -0.39 is 49.5 Å². The molecule has 9 nitrogen and oxygen atoms in total. The van der Waals surface area contributed by atoms with Crippen LogP contribution in [0.1, 0.15) is 219 Å². The van der Waals surface area contributed by atoms with Crippen LogP contribution in [0.3, 0.4) is 0 Å². The van der Waals surface area contributed by atoms with E-state index in [9.17, 15) is 30.3 Å². The molecule has 0 radical (unpaired) electrons. The molecule has 1 rings (SSSR count). The Bertz CT molecular complexity index is 1560. The maximum Gasteiger partial charge on any atom is 0.220 e. The Labute approximate surface area is 446 Å². The van der Waals surface area contributed by atoms with Crippen LogP contribution in [0.15, 0.2) is 122 Å². The van der Waals surface area contributed by atoms with Crippen molar-refractivity contribution in [2.45, 2.75) is 262 Å². The van der Waals surface area contributed by atoms with Crippen molar-refractivity contribution in [2.75, 3.05) is 13.2 Å². The molecule has 1 heterocycles. The molecule has 416 valence electrons. The summed E-state index contributed by atoms with van der Waals surface area (Å²) in [6, 6.07) is -0.846. The SMILES string of the molecule is CC/C=C\C/C=C\C/C=C\C/C=C\C/C=C\C/C=C\C/C=C\C/C=C\CCCCCCC(=O)NC(COC1OC(CO)C(O)C(O)C1O)C(O)/C=C/CC/C=C/CCCCCCCCCCCCCCCCC. The minimum Gasteiger partial charge on any atom is -0.394 e. The molecule has 1 aliphatic heterocycles. The van der Waals surface area contributed by atoms with E-state index >= 15 is 0 Å². The summed E-state index contributed by atoms with van der Waals surface area (Å²) in [6.07, 6.45) is 71.1. The van der Waals surface area contributed by atoms with Crippen molar-refractivity contribution in [3.05, 3.63) is 122 Å². The van der Waals surface area contributed by atoms with Crippen LogP contribution in [0.5, 0.6) is 0 Å². The molecule has 9 heteroatoms. The summed E-state index contributed by atoms with van der Waals surface area (Å²) in [4.78, 5) is 13.1. The van der Waals surface area contributed by atoms with E-state index in [1.807, 2.05) is 6.08 Å². The van der Waals surface area contributed by atoms with Crippen molar-refractivity contribution in [1.82, 2.24) is 5.32 Å². The van der Waals surface area contributed by atoms with Gasteiger partial charge in [0.2, 0.25) is 5.91 Å². The van der Waals surface area contributed by atoms with Crippen LogP contribution in [0.4, 0.5) is 0 Å². The maximum atomic E-state index is 13.1. The minimum atomic E-state index is -1.59. The first kappa shape index (κ1) is 67.6. The second-order valence-corrected chi connectivity index (χ2v) is 19.7. The number of rotatable bonds is 48. The number of nitrogens with one attached hydrogen (secondary N) is 1. The van der Waals surface area contributed by atoms with E-state index in [0.29, 0.717) is 12.8 Å². The second-order valence-electron chi connectivity index (χ2n) is 19.7. The molecule has 1 fully saturated rings. The van der Waals surface area contributed by atoms with E-state index in [-0.39, 0.29) is 12.5 Å². The van der Waals surface area contributed by atoms with Gasteiger partial charge in [-0.1, -0.05) is 238 Å². The van der Waals surface area contributed by atoms with Crippen molar-refractivity contribution < 1.29 is 39.8 Å². The fourth-order valence-corrected chi connectivity index (χ4v) is 8.42. The van der Waals surface area contributed by atoms with Gasteiger partial charge in [0.1, 0.15) is 24.4 Å². The predicted octanol–water partition coefficient (Wildman–Crippen LogP) is 14.7. The molecule has 0 aromatic rings. The standard InChI is InChI=1S/C64H107NO8/c1-3-5-7-9-11-13-15-17-19-21-23-25-26-27-28-29-30-31-32-34-36-38-40-42-44-46-48-50-52-54-60(68)65-57(56-72-64-63(71)62(70)61(69)59(55-66)73-64)58(67)53-51-49-47-45-43-41-39-37-35-33-24-22-20-18-16-14-12-10-8-6-4-2/h5,7,11,13,17,19,23,25,27-28,30-31,34,36,40,42-43,45,51,53,57-59,61-64,66-67,69-71H,3-4,6,8-10,12,14-16,18,20-22,24,26,29,32-33,35,37-39,41,44,46-50,52,54-56H2,1-2H3,(H,65,68)/b7-5-,13-11-,19-17-,25-23-,28-27-,31-30-,36-34-,42-40-,45-43+,53-51+. The quantitative estimate of drug-likeness (QED) is 0.0261. The molecule has 7 atom stereocenters. The van der Waals surface area contributed by atoms with Gasteiger partial charge in [-0.25, -0.2) is 0 Å². The predicted molar refractivity (Wildman–Crippen MR) is 308 cm³/mol. The number of carbonyl (C=O) groups is 1. The summed E-state index contributed by atoms with van der Waals surface area (Å²) in [7, 11) is 0. The average Bonchev–Trinajstić information content (AvgIpc) is 3.39. The lowest BCUT2D eigenvalue weighted by atomic mass is 9.99. The van der Waals surface area contributed by atoms with Gasteiger partial charge in [-0.2, -0.15) is 0 Å². The number of allylic oxidation sites excluding steroid dienone is 19. The number of amides is 1. The largest absolute Gasteiger partial charge is 0.394 e.